The summed E-state index contributed by atoms with van der Waals surface area (Å²) in [6.45, 7) is 13.5. The van der Waals surface area contributed by atoms with Crippen LogP contribution in [-0.4, -0.2) is 61.5 Å². The third-order valence-corrected chi connectivity index (χ3v) is 3.68. The van der Waals surface area contributed by atoms with Gasteiger partial charge in [-0.05, 0) is 26.8 Å². The molecule has 1 N–H and O–H groups in total. The number of likely N-dealkylation sites (N-methyl/N-ethyl adjacent to an activating group) is 1. The second-order valence-corrected chi connectivity index (χ2v) is 6.12. The first kappa shape index (κ1) is 16.2. The Morgan fingerprint density at radius 1 is 1.21 bits per heavy atom. The van der Waals surface area contributed by atoms with Crippen LogP contribution in [0.2, 0.25) is 0 Å². The topological polar surface area (TPSA) is 35.6 Å². The zero-order chi connectivity index (χ0) is 14.4. The highest BCUT2D eigenvalue weighted by atomic mass is 16.1. The maximum absolute atomic E-state index is 11.7. The van der Waals surface area contributed by atoms with Crippen molar-refractivity contribution in [2.45, 2.75) is 33.7 Å². The van der Waals surface area contributed by atoms with Crippen LogP contribution in [0.1, 0.15) is 27.7 Å². The van der Waals surface area contributed by atoms with Crippen molar-refractivity contribution in [2.24, 2.45) is 5.92 Å². The number of allylic oxidation sites excluding steroid dienone is 1. The van der Waals surface area contributed by atoms with E-state index in [1.807, 2.05) is 13.8 Å². The molecule has 1 aliphatic heterocycles. The number of carbonyl (C=O) groups is 1. The highest BCUT2D eigenvalue weighted by molar-refractivity contribution is 5.88. The van der Waals surface area contributed by atoms with Gasteiger partial charge in [0.1, 0.15) is 0 Å². The Balaban J connectivity index is 2.49. The fourth-order valence-corrected chi connectivity index (χ4v) is 2.46. The number of hydrogen-bond donors (Lipinski definition) is 1. The Bertz CT molecular complexity index is 313. The Kier molecular flexibility index (Phi) is 6.52. The zero-order valence-corrected chi connectivity index (χ0v) is 13.1. The number of nitrogens with one attached hydrogen (secondary N) is 1. The predicted molar refractivity (Wildman–Crippen MR) is 80.1 cm³/mol. The molecule has 1 fully saturated rings. The van der Waals surface area contributed by atoms with E-state index < -0.39 is 0 Å². The lowest BCUT2D eigenvalue weighted by Crippen LogP contribution is -2.54. The van der Waals surface area contributed by atoms with E-state index in [9.17, 15) is 4.79 Å². The van der Waals surface area contributed by atoms with E-state index >= 15 is 0 Å². The van der Waals surface area contributed by atoms with Crippen LogP contribution in [0.5, 0.6) is 0 Å². The molecule has 0 aromatic carbocycles. The average Bonchev–Trinajstić information content (AvgIpc) is 2.30. The Morgan fingerprint density at radius 3 is 2.26 bits per heavy atom. The average molecular weight is 267 g/mol. The number of nitrogens with zero attached hydrogens (tertiary/aromatic N) is 2. The van der Waals surface area contributed by atoms with Gasteiger partial charge < -0.3 is 10.2 Å². The van der Waals surface area contributed by atoms with Crippen LogP contribution < -0.4 is 5.32 Å². The van der Waals surface area contributed by atoms with Crippen molar-refractivity contribution in [3.63, 3.8) is 0 Å². The third kappa shape index (κ3) is 5.74. The first-order valence-corrected chi connectivity index (χ1v) is 7.25. The molecule has 4 heteroatoms. The minimum absolute atomic E-state index is 0.0276. The van der Waals surface area contributed by atoms with Gasteiger partial charge in [0, 0.05) is 44.8 Å². The molecular formula is C15H29N3O. The molecule has 0 aromatic heterocycles. The molecule has 1 amide bonds. The summed E-state index contributed by atoms with van der Waals surface area (Å²) in [7, 11) is 2.16. The molecule has 4 nitrogen and oxygen atoms in total. The summed E-state index contributed by atoms with van der Waals surface area (Å²) in [6.07, 6.45) is 1.67. The molecule has 1 heterocycles. The number of piperazine rings is 1. The van der Waals surface area contributed by atoms with Gasteiger partial charge in [-0.3, -0.25) is 9.69 Å². The minimum Gasteiger partial charge on any atom is -0.351 e. The largest absolute Gasteiger partial charge is 0.351 e. The SMILES string of the molecule is CC(C)=CC(=O)NCC(C(C)C)N1CCN(C)CC1. The van der Waals surface area contributed by atoms with Crippen molar-refractivity contribution < 1.29 is 4.79 Å². The molecule has 0 aliphatic carbocycles. The molecule has 0 bridgehead atoms. The molecule has 110 valence electrons. The molecule has 1 saturated heterocycles. The Hall–Kier alpha value is -0.870. The maximum Gasteiger partial charge on any atom is 0.243 e. The predicted octanol–water partition coefficient (Wildman–Crippen LogP) is 1.34. The molecular weight excluding hydrogens is 238 g/mol. The third-order valence-electron chi connectivity index (χ3n) is 3.68. The van der Waals surface area contributed by atoms with E-state index in [1.54, 1.807) is 6.08 Å². The van der Waals surface area contributed by atoms with Gasteiger partial charge in [0.2, 0.25) is 5.91 Å². The van der Waals surface area contributed by atoms with Gasteiger partial charge in [-0.2, -0.15) is 0 Å². The Morgan fingerprint density at radius 2 is 1.79 bits per heavy atom. The van der Waals surface area contributed by atoms with Crippen molar-refractivity contribution in [3.8, 4) is 0 Å². The van der Waals surface area contributed by atoms with Crippen molar-refractivity contribution in [1.82, 2.24) is 15.1 Å². The molecule has 1 unspecified atom stereocenters. The summed E-state index contributed by atoms with van der Waals surface area (Å²) in [5.41, 5.74) is 1.04. The molecule has 1 atom stereocenters. The van der Waals surface area contributed by atoms with Crippen LogP contribution in [0.4, 0.5) is 0 Å². The van der Waals surface area contributed by atoms with E-state index in [4.69, 9.17) is 0 Å². The first-order valence-electron chi connectivity index (χ1n) is 7.25. The molecule has 0 radical (unpaired) electrons. The van der Waals surface area contributed by atoms with Crippen LogP contribution in [0, 0.1) is 5.92 Å². The quantitative estimate of drug-likeness (QED) is 0.764. The van der Waals surface area contributed by atoms with Gasteiger partial charge in [0.25, 0.3) is 0 Å². The summed E-state index contributed by atoms with van der Waals surface area (Å²) < 4.78 is 0. The molecule has 0 aromatic rings. The molecule has 19 heavy (non-hydrogen) atoms. The fourth-order valence-electron chi connectivity index (χ4n) is 2.46. The molecule has 0 spiro atoms. The smallest absolute Gasteiger partial charge is 0.243 e. The van der Waals surface area contributed by atoms with E-state index in [-0.39, 0.29) is 5.91 Å². The number of rotatable bonds is 5. The summed E-state index contributed by atoms with van der Waals surface area (Å²) in [6, 6.07) is 0.434. The van der Waals surface area contributed by atoms with Crippen molar-refractivity contribution >= 4 is 5.91 Å². The van der Waals surface area contributed by atoms with Crippen LogP contribution in [-0.2, 0) is 4.79 Å². The van der Waals surface area contributed by atoms with E-state index in [0.29, 0.717) is 12.0 Å². The minimum atomic E-state index is 0.0276. The number of hydrogen-bond acceptors (Lipinski definition) is 3. The van der Waals surface area contributed by atoms with Gasteiger partial charge in [0.05, 0.1) is 0 Å². The number of amides is 1. The fraction of sp³-hybridized carbons (Fsp3) is 0.800. The van der Waals surface area contributed by atoms with Gasteiger partial charge in [-0.25, -0.2) is 0 Å². The summed E-state index contributed by atoms with van der Waals surface area (Å²) in [5.74, 6) is 0.579. The van der Waals surface area contributed by atoms with E-state index in [0.717, 1.165) is 38.3 Å². The highest BCUT2D eigenvalue weighted by Gasteiger charge is 2.24. The van der Waals surface area contributed by atoms with Crippen LogP contribution in [0.15, 0.2) is 11.6 Å². The summed E-state index contributed by atoms with van der Waals surface area (Å²) in [5, 5.41) is 3.03. The second-order valence-electron chi connectivity index (χ2n) is 6.12. The Labute approximate surface area is 117 Å². The zero-order valence-electron chi connectivity index (χ0n) is 13.1. The van der Waals surface area contributed by atoms with Crippen LogP contribution in [0.25, 0.3) is 0 Å². The molecule has 0 saturated carbocycles. The lowest BCUT2D eigenvalue weighted by molar-refractivity contribution is -0.116. The molecule has 1 rings (SSSR count). The normalized spacial score (nSPS) is 19.3. The lowest BCUT2D eigenvalue weighted by Gasteiger charge is -2.39. The number of carbonyl (C=O) groups excluding carboxylic acids is 1. The lowest BCUT2D eigenvalue weighted by atomic mass is 10.0. The standard InChI is InChI=1S/C15H29N3O/c1-12(2)10-15(19)16-11-14(13(3)4)18-8-6-17(5)7-9-18/h10,13-14H,6-9,11H2,1-5H3,(H,16,19). The summed E-state index contributed by atoms with van der Waals surface area (Å²) in [4.78, 5) is 16.6. The molecule has 1 aliphatic rings. The first-order chi connectivity index (χ1) is 8.90. The maximum atomic E-state index is 11.7. The van der Waals surface area contributed by atoms with Crippen molar-refractivity contribution in [3.05, 3.63) is 11.6 Å². The van der Waals surface area contributed by atoms with Gasteiger partial charge in [0.15, 0.2) is 0 Å². The van der Waals surface area contributed by atoms with Crippen molar-refractivity contribution in [1.29, 1.82) is 0 Å². The summed E-state index contributed by atoms with van der Waals surface area (Å²) >= 11 is 0. The van der Waals surface area contributed by atoms with Crippen molar-refractivity contribution in [2.75, 3.05) is 39.8 Å². The highest BCUT2D eigenvalue weighted by Crippen LogP contribution is 2.12. The van der Waals surface area contributed by atoms with E-state index in [2.05, 4.69) is 36.0 Å². The monoisotopic (exact) mass is 267 g/mol. The van der Waals surface area contributed by atoms with E-state index in [1.165, 1.54) is 0 Å². The van der Waals surface area contributed by atoms with Gasteiger partial charge in [-0.15, -0.1) is 0 Å². The van der Waals surface area contributed by atoms with Gasteiger partial charge in [-0.1, -0.05) is 19.4 Å². The van der Waals surface area contributed by atoms with Crippen LogP contribution in [0.3, 0.4) is 0 Å². The van der Waals surface area contributed by atoms with Gasteiger partial charge >= 0.3 is 0 Å². The second kappa shape index (κ2) is 7.65. The van der Waals surface area contributed by atoms with Crippen LogP contribution >= 0.6 is 0 Å².